The maximum absolute atomic E-state index is 12.6. The van der Waals surface area contributed by atoms with E-state index in [1.165, 1.54) is 0 Å². The molecule has 0 aliphatic heterocycles. The Bertz CT molecular complexity index is 1190. The van der Waals surface area contributed by atoms with Gasteiger partial charge in [0.15, 0.2) is 0 Å². The normalized spacial score (nSPS) is 10.6. The molecule has 3 aromatic carbocycles. The SMILES string of the molecule is CCNc1cc(C)nc(Nc2ccc(NC(=O)c3ccc4ccccc4c3)cc2)n1. The molecule has 0 unspecified atom stereocenters. The number of anilines is 4. The van der Waals surface area contributed by atoms with Gasteiger partial charge in [-0.05, 0) is 61.0 Å². The van der Waals surface area contributed by atoms with Crippen LogP contribution in [0.5, 0.6) is 0 Å². The van der Waals surface area contributed by atoms with E-state index in [4.69, 9.17) is 0 Å². The van der Waals surface area contributed by atoms with Crippen LogP contribution in [0.3, 0.4) is 0 Å². The van der Waals surface area contributed by atoms with Crippen LogP contribution in [0.25, 0.3) is 10.8 Å². The highest BCUT2D eigenvalue weighted by atomic mass is 16.1. The fraction of sp³-hybridized carbons (Fsp3) is 0.125. The average molecular weight is 397 g/mol. The summed E-state index contributed by atoms with van der Waals surface area (Å²) in [6, 6.07) is 23.1. The number of carbonyl (C=O) groups excluding carboxylic acids is 1. The molecule has 0 saturated carbocycles. The third kappa shape index (κ3) is 4.55. The topological polar surface area (TPSA) is 78.9 Å². The summed E-state index contributed by atoms with van der Waals surface area (Å²) in [5, 5.41) is 11.5. The molecule has 0 fully saturated rings. The van der Waals surface area contributed by atoms with E-state index in [2.05, 4.69) is 25.9 Å². The maximum Gasteiger partial charge on any atom is 0.255 e. The molecule has 4 aromatic rings. The first-order valence-corrected chi connectivity index (χ1v) is 9.87. The standard InChI is InChI=1S/C24H23N5O/c1-3-25-22-14-16(2)26-24(29-22)28-21-12-10-20(11-13-21)27-23(30)19-9-8-17-6-4-5-7-18(17)15-19/h4-15H,3H2,1-2H3,(H,27,30)(H2,25,26,28,29). The summed E-state index contributed by atoms with van der Waals surface area (Å²) in [4.78, 5) is 21.5. The Morgan fingerprint density at radius 1 is 0.867 bits per heavy atom. The largest absolute Gasteiger partial charge is 0.370 e. The molecule has 1 heterocycles. The van der Waals surface area contributed by atoms with Crippen LogP contribution in [0.2, 0.25) is 0 Å². The first kappa shape index (κ1) is 19.4. The minimum Gasteiger partial charge on any atom is -0.370 e. The Balaban J connectivity index is 1.45. The number of aryl methyl sites for hydroxylation is 1. The Morgan fingerprint density at radius 2 is 1.60 bits per heavy atom. The Labute approximate surface area is 175 Å². The maximum atomic E-state index is 12.6. The summed E-state index contributed by atoms with van der Waals surface area (Å²) in [6.07, 6.45) is 0. The fourth-order valence-electron chi connectivity index (χ4n) is 3.20. The number of nitrogens with zero attached hydrogens (tertiary/aromatic N) is 2. The van der Waals surface area contributed by atoms with E-state index in [-0.39, 0.29) is 5.91 Å². The first-order valence-electron chi connectivity index (χ1n) is 9.87. The lowest BCUT2D eigenvalue weighted by atomic mass is 10.1. The van der Waals surface area contributed by atoms with Crippen LogP contribution in [-0.2, 0) is 0 Å². The number of fused-ring (bicyclic) bond motifs is 1. The van der Waals surface area contributed by atoms with Gasteiger partial charge in [-0.15, -0.1) is 0 Å². The molecule has 0 radical (unpaired) electrons. The molecular weight excluding hydrogens is 374 g/mol. The van der Waals surface area contributed by atoms with Crippen LogP contribution in [0.15, 0.2) is 72.8 Å². The van der Waals surface area contributed by atoms with E-state index in [0.717, 1.165) is 40.2 Å². The van der Waals surface area contributed by atoms with Crippen molar-refractivity contribution in [1.29, 1.82) is 0 Å². The highest BCUT2D eigenvalue weighted by molar-refractivity contribution is 6.06. The summed E-state index contributed by atoms with van der Waals surface area (Å²) < 4.78 is 0. The molecule has 1 aromatic heterocycles. The highest BCUT2D eigenvalue weighted by Gasteiger charge is 2.08. The fourth-order valence-corrected chi connectivity index (χ4v) is 3.20. The molecule has 4 rings (SSSR count). The predicted molar refractivity (Wildman–Crippen MR) is 123 cm³/mol. The minimum absolute atomic E-state index is 0.140. The first-order chi connectivity index (χ1) is 14.6. The second-order valence-corrected chi connectivity index (χ2v) is 6.97. The van der Waals surface area contributed by atoms with Gasteiger partial charge in [0.1, 0.15) is 5.82 Å². The summed E-state index contributed by atoms with van der Waals surface area (Å²) in [5.74, 6) is 1.17. The van der Waals surface area contributed by atoms with Gasteiger partial charge in [0.2, 0.25) is 5.95 Å². The van der Waals surface area contributed by atoms with Gasteiger partial charge in [0.05, 0.1) is 0 Å². The second-order valence-electron chi connectivity index (χ2n) is 6.97. The number of benzene rings is 3. The van der Waals surface area contributed by atoms with E-state index < -0.39 is 0 Å². The molecule has 0 aliphatic rings. The molecule has 1 amide bonds. The quantitative estimate of drug-likeness (QED) is 0.408. The summed E-state index contributed by atoms with van der Waals surface area (Å²) in [5.41, 5.74) is 3.06. The third-order valence-corrected chi connectivity index (χ3v) is 4.62. The van der Waals surface area contributed by atoms with Gasteiger partial charge >= 0.3 is 0 Å². The number of carbonyl (C=O) groups is 1. The number of hydrogen-bond acceptors (Lipinski definition) is 5. The zero-order valence-electron chi connectivity index (χ0n) is 16.9. The zero-order valence-corrected chi connectivity index (χ0v) is 16.9. The van der Waals surface area contributed by atoms with Crippen molar-refractivity contribution in [2.45, 2.75) is 13.8 Å². The highest BCUT2D eigenvalue weighted by Crippen LogP contribution is 2.20. The molecule has 0 atom stereocenters. The van der Waals surface area contributed by atoms with Crippen LogP contribution in [-0.4, -0.2) is 22.4 Å². The van der Waals surface area contributed by atoms with Crippen LogP contribution in [0.4, 0.5) is 23.1 Å². The van der Waals surface area contributed by atoms with E-state index in [1.54, 1.807) is 0 Å². The van der Waals surface area contributed by atoms with Crippen molar-refractivity contribution in [3.63, 3.8) is 0 Å². The van der Waals surface area contributed by atoms with Crippen LogP contribution in [0.1, 0.15) is 23.0 Å². The molecular formula is C24H23N5O. The smallest absolute Gasteiger partial charge is 0.255 e. The third-order valence-electron chi connectivity index (χ3n) is 4.62. The van der Waals surface area contributed by atoms with Crippen LogP contribution < -0.4 is 16.0 Å². The van der Waals surface area contributed by atoms with Crippen LogP contribution >= 0.6 is 0 Å². The van der Waals surface area contributed by atoms with Crippen molar-refractivity contribution >= 4 is 39.8 Å². The number of amides is 1. The summed E-state index contributed by atoms with van der Waals surface area (Å²) >= 11 is 0. The lowest BCUT2D eigenvalue weighted by Crippen LogP contribution is -2.11. The lowest BCUT2D eigenvalue weighted by molar-refractivity contribution is 0.102. The molecule has 0 bridgehead atoms. The van der Waals surface area contributed by atoms with Gasteiger partial charge in [-0.2, -0.15) is 4.98 Å². The van der Waals surface area contributed by atoms with Gasteiger partial charge < -0.3 is 16.0 Å². The molecule has 0 spiro atoms. The van der Waals surface area contributed by atoms with E-state index in [9.17, 15) is 4.79 Å². The molecule has 3 N–H and O–H groups in total. The van der Waals surface area contributed by atoms with Crippen molar-refractivity contribution in [3.05, 3.63) is 84.1 Å². The van der Waals surface area contributed by atoms with Crippen molar-refractivity contribution in [1.82, 2.24) is 9.97 Å². The van der Waals surface area contributed by atoms with E-state index >= 15 is 0 Å². The predicted octanol–water partition coefficient (Wildman–Crippen LogP) is 5.37. The molecule has 0 saturated heterocycles. The zero-order chi connectivity index (χ0) is 20.9. The van der Waals surface area contributed by atoms with Crippen LogP contribution in [0, 0.1) is 6.92 Å². The van der Waals surface area contributed by atoms with Crippen molar-refractivity contribution in [2.24, 2.45) is 0 Å². The van der Waals surface area contributed by atoms with Crippen molar-refractivity contribution < 1.29 is 4.79 Å². The van der Waals surface area contributed by atoms with Gasteiger partial charge in [0, 0.05) is 35.2 Å². The number of rotatable bonds is 6. The summed E-state index contributed by atoms with van der Waals surface area (Å²) in [6.45, 7) is 4.75. The number of nitrogens with one attached hydrogen (secondary N) is 3. The van der Waals surface area contributed by atoms with E-state index in [1.807, 2.05) is 86.6 Å². The Kier molecular flexibility index (Phi) is 5.57. The van der Waals surface area contributed by atoms with Gasteiger partial charge in [-0.1, -0.05) is 30.3 Å². The van der Waals surface area contributed by atoms with E-state index in [0.29, 0.717) is 11.5 Å². The van der Waals surface area contributed by atoms with Gasteiger partial charge in [0.25, 0.3) is 5.91 Å². The Morgan fingerprint density at radius 3 is 2.37 bits per heavy atom. The summed E-state index contributed by atoms with van der Waals surface area (Å²) in [7, 11) is 0. The Hall–Kier alpha value is -3.93. The molecule has 150 valence electrons. The molecule has 30 heavy (non-hydrogen) atoms. The molecule has 6 heteroatoms. The molecule has 6 nitrogen and oxygen atoms in total. The van der Waals surface area contributed by atoms with Crippen molar-refractivity contribution in [2.75, 3.05) is 22.5 Å². The minimum atomic E-state index is -0.140. The average Bonchev–Trinajstić information content (AvgIpc) is 2.74. The second kappa shape index (κ2) is 8.61. The lowest BCUT2D eigenvalue weighted by Gasteiger charge is -2.10. The number of hydrogen-bond donors (Lipinski definition) is 3. The molecule has 0 aliphatic carbocycles. The van der Waals surface area contributed by atoms with Gasteiger partial charge in [-0.25, -0.2) is 4.98 Å². The van der Waals surface area contributed by atoms with Crippen molar-refractivity contribution in [3.8, 4) is 0 Å². The monoisotopic (exact) mass is 397 g/mol. The van der Waals surface area contributed by atoms with Gasteiger partial charge in [-0.3, -0.25) is 4.79 Å². The number of aromatic nitrogens is 2.